The van der Waals surface area contributed by atoms with Crippen LogP contribution < -0.4 is 11.5 Å². The first-order valence-electron chi connectivity index (χ1n) is 6.11. The van der Waals surface area contributed by atoms with Crippen molar-refractivity contribution in [2.24, 2.45) is 5.73 Å². The first-order valence-corrected chi connectivity index (χ1v) is 7.43. The molecular weight excluding hydrogens is 272 g/mol. The molecule has 0 spiro atoms. The molecule has 0 aliphatic rings. The van der Waals surface area contributed by atoms with Crippen molar-refractivity contribution >= 4 is 22.4 Å². The number of primary amides is 1. The van der Waals surface area contributed by atoms with E-state index in [9.17, 15) is 9.00 Å². The van der Waals surface area contributed by atoms with Crippen LogP contribution in [0.5, 0.6) is 0 Å². The second-order valence-electron chi connectivity index (χ2n) is 4.54. The van der Waals surface area contributed by atoms with Gasteiger partial charge in [-0.25, -0.2) is 0 Å². The molecule has 0 saturated carbocycles. The van der Waals surface area contributed by atoms with Gasteiger partial charge >= 0.3 is 0 Å². The van der Waals surface area contributed by atoms with Crippen LogP contribution >= 0.6 is 0 Å². The van der Waals surface area contributed by atoms with Crippen molar-refractivity contribution in [1.82, 2.24) is 0 Å². The Morgan fingerprint density at radius 1 is 1.20 bits per heavy atom. The third kappa shape index (κ3) is 3.05. The second-order valence-corrected chi connectivity index (χ2v) is 5.96. The van der Waals surface area contributed by atoms with Crippen LogP contribution in [0.3, 0.4) is 0 Å². The molecule has 0 aliphatic carbocycles. The Labute approximate surface area is 120 Å². The van der Waals surface area contributed by atoms with E-state index in [4.69, 9.17) is 11.5 Å². The molecule has 2 rings (SSSR count). The van der Waals surface area contributed by atoms with Crippen molar-refractivity contribution < 1.29 is 9.00 Å². The Morgan fingerprint density at radius 2 is 1.90 bits per heavy atom. The molecule has 0 bridgehead atoms. The van der Waals surface area contributed by atoms with Crippen LogP contribution in [0.2, 0.25) is 0 Å². The van der Waals surface area contributed by atoms with E-state index in [0.29, 0.717) is 21.7 Å². The highest BCUT2D eigenvalue weighted by atomic mass is 32.2. The van der Waals surface area contributed by atoms with Crippen molar-refractivity contribution in [3.63, 3.8) is 0 Å². The van der Waals surface area contributed by atoms with Crippen LogP contribution in [0.25, 0.3) is 0 Å². The predicted octanol–water partition coefficient (Wildman–Crippen LogP) is 1.98. The zero-order valence-corrected chi connectivity index (χ0v) is 11.9. The van der Waals surface area contributed by atoms with Gasteiger partial charge in [-0.2, -0.15) is 0 Å². The third-order valence-electron chi connectivity index (χ3n) is 3.03. The summed E-state index contributed by atoms with van der Waals surface area (Å²) in [5.74, 6) is -0.273. The van der Waals surface area contributed by atoms with Crippen LogP contribution in [0.15, 0.2) is 47.4 Å². The number of hydrogen-bond donors (Lipinski definition) is 2. The van der Waals surface area contributed by atoms with Gasteiger partial charge in [0, 0.05) is 16.1 Å². The fourth-order valence-corrected chi connectivity index (χ4v) is 3.35. The number of benzene rings is 2. The highest BCUT2D eigenvalue weighted by molar-refractivity contribution is 7.84. The molecule has 0 heterocycles. The summed E-state index contributed by atoms with van der Waals surface area (Å²) in [6, 6.07) is 12.2. The average molecular weight is 288 g/mol. The SMILES string of the molecule is Cc1ccc(N)cc1S(=O)Cc1ccccc1C(N)=O. The molecule has 0 saturated heterocycles. The van der Waals surface area contributed by atoms with Crippen molar-refractivity contribution in [2.45, 2.75) is 17.6 Å². The maximum Gasteiger partial charge on any atom is 0.249 e. The molecule has 1 atom stereocenters. The molecule has 4 N–H and O–H groups in total. The Morgan fingerprint density at radius 3 is 2.60 bits per heavy atom. The summed E-state index contributed by atoms with van der Waals surface area (Å²) < 4.78 is 12.5. The van der Waals surface area contributed by atoms with Gasteiger partial charge in [-0.15, -0.1) is 0 Å². The Kier molecular flexibility index (Phi) is 4.20. The Bertz CT molecular complexity index is 683. The minimum Gasteiger partial charge on any atom is -0.399 e. The standard InChI is InChI=1S/C15H16N2O2S/c1-10-6-7-12(16)8-14(10)20(19)9-11-4-2-3-5-13(11)15(17)18/h2-8H,9,16H2,1H3,(H2,17,18). The molecule has 4 nitrogen and oxygen atoms in total. The molecule has 0 fully saturated rings. The summed E-state index contributed by atoms with van der Waals surface area (Å²) in [6.45, 7) is 1.88. The Hall–Kier alpha value is -2.14. The molecule has 2 aromatic carbocycles. The number of amides is 1. The lowest BCUT2D eigenvalue weighted by atomic mass is 10.1. The number of carbonyl (C=O) groups is 1. The topological polar surface area (TPSA) is 86.2 Å². The van der Waals surface area contributed by atoms with Gasteiger partial charge in [0.25, 0.3) is 0 Å². The van der Waals surface area contributed by atoms with Crippen LogP contribution in [-0.2, 0) is 16.6 Å². The lowest BCUT2D eigenvalue weighted by Crippen LogP contribution is -2.14. The largest absolute Gasteiger partial charge is 0.399 e. The van der Waals surface area contributed by atoms with Gasteiger partial charge in [0.1, 0.15) is 0 Å². The minimum atomic E-state index is -1.27. The molecule has 104 valence electrons. The maximum atomic E-state index is 12.5. The van der Waals surface area contributed by atoms with E-state index >= 15 is 0 Å². The quantitative estimate of drug-likeness (QED) is 0.843. The summed E-state index contributed by atoms with van der Waals surface area (Å²) in [4.78, 5) is 12.0. The number of carbonyl (C=O) groups excluding carboxylic acids is 1. The zero-order valence-electron chi connectivity index (χ0n) is 11.1. The van der Waals surface area contributed by atoms with Crippen molar-refractivity contribution in [3.8, 4) is 0 Å². The summed E-state index contributed by atoms with van der Waals surface area (Å²) in [5.41, 5.74) is 13.6. The molecule has 20 heavy (non-hydrogen) atoms. The second kappa shape index (κ2) is 5.88. The van der Waals surface area contributed by atoms with Crippen LogP contribution in [-0.4, -0.2) is 10.1 Å². The van der Waals surface area contributed by atoms with Crippen LogP contribution in [0.1, 0.15) is 21.5 Å². The monoisotopic (exact) mass is 288 g/mol. The number of anilines is 1. The minimum absolute atomic E-state index is 0.239. The molecule has 2 aromatic rings. The first kappa shape index (κ1) is 14.3. The molecule has 0 aromatic heterocycles. The number of aryl methyl sites for hydroxylation is 1. The van der Waals surface area contributed by atoms with E-state index in [1.807, 2.05) is 13.0 Å². The van der Waals surface area contributed by atoms with Gasteiger partial charge in [-0.3, -0.25) is 9.00 Å². The van der Waals surface area contributed by atoms with E-state index in [1.165, 1.54) is 0 Å². The van der Waals surface area contributed by atoms with Gasteiger partial charge in [0.15, 0.2) is 0 Å². The average Bonchev–Trinajstić information content (AvgIpc) is 2.41. The van der Waals surface area contributed by atoms with Crippen LogP contribution in [0, 0.1) is 6.92 Å². The van der Waals surface area contributed by atoms with Gasteiger partial charge in [-0.1, -0.05) is 24.3 Å². The van der Waals surface area contributed by atoms with Crippen molar-refractivity contribution in [1.29, 1.82) is 0 Å². The Balaban J connectivity index is 2.33. The lowest BCUT2D eigenvalue weighted by Gasteiger charge is -2.09. The highest BCUT2D eigenvalue weighted by Crippen LogP contribution is 2.20. The molecule has 0 aliphatic heterocycles. The summed E-state index contributed by atoms with van der Waals surface area (Å²) in [5, 5.41) is 0. The van der Waals surface area contributed by atoms with Crippen LogP contribution in [0.4, 0.5) is 5.69 Å². The van der Waals surface area contributed by atoms with Gasteiger partial charge < -0.3 is 11.5 Å². The number of nitrogen functional groups attached to an aromatic ring is 1. The van der Waals surface area contributed by atoms with E-state index in [0.717, 1.165) is 5.56 Å². The van der Waals surface area contributed by atoms with Crippen molar-refractivity contribution in [3.05, 3.63) is 59.2 Å². The third-order valence-corrected chi connectivity index (χ3v) is 4.53. The summed E-state index contributed by atoms with van der Waals surface area (Å²) in [6.07, 6.45) is 0. The van der Waals surface area contributed by atoms with Gasteiger partial charge in [0.05, 0.1) is 16.6 Å². The zero-order chi connectivity index (χ0) is 14.7. The van der Waals surface area contributed by atoms with Gasteiger partial charge in [0.2, 0.25) is 5.91 Å². The normalized spacial score (nSPS) is 12.1. The number of nitrogens with two attached hydrogens (primary N) is 2. The molecule has 1 unspecified atom stereocenters. The smallest absolute Gasteiger partial charge is 0.249 e. The maximum absolute atomic E-state index is 12.5. The summed E-state index contributed by atoms with van der Waals surface area (Å²) >= 11 is 0. The molecule has 5 heteroatoms. The first-order chi connectivity index (χ1) is 9.49. The van der Waals surface area contributed by atoms with E-state index in [-0.39, 0.29) is 5.75 Å². The lowest BCUT2D eigenvalue weighted by molar-refractivity contribution is 0.0999. The molecular formula is C15H16N2O2S. The highest BCUT2D eigenvalue weighted by Gasteiger charge is 2.13. The predicted molar refractivity (Wildman–Crippen MR) is 80.7 cm³/mol. The van der Waals surface area contributed by atoms with E-state index < -0.39 is 16.7 Å². The van der Waals surface area contributed by atoms with E-state index in [1.54, 1.807) is 36.4 Å². The summed E-state index contributed by atoms with van der Waals surface area (Å²) in [7, 11) is -1.27. The molecule has 1 amide bonds. The fraction of sp³-hybridized carbons (Fsp3) is 0.133. The number of hydrogen-bond acceptors (Lipinski definition) is 3. The molecule has 0 radical (unpaired) electrons. The number of rotatable bonds is 4. The van der Waals surface area contributed by atoms with Gasteiger partial charge in [-0.05, 0) is 36.2 Å². The fourth-order valence-electron chi connectivity index (χ4n) is 1.97. The van der Waals surface area contributed by atoms with Crippen molar-refractivity contribution in [2.75, 3.05) is 5.73 Å². The van der Waals surface area contributed by atoms with E-state index in [2.05, 4.69) is 0 Å².